The predicted molar refractivity (Wildman–Crippen MR) is 78.8 cm³/mol. The fraction of sp³-hybridized carbons (Fsp3) is 0. The molecule has 0 aliphatic rings. The molecule has 0 atom stereocenters. The summed E-state index contributed by atoms with van der Waals surface area (Å²) in [6.45, 7) is 0. The Morgan fingerprint density at radius 1 is 1.05 bits per heavy atom. The Labute approximate surface area is 126 Å². The number of benzene rings is 2. The molecule has 0 saturated heterocycles. The van der Waals surface area contributed by atoms with E-state index in [0.29, 0.717) is 11.3 Å². The molecule has 2 aromatic carbocycles. The average molecular weight is 290 g/mol. The molecule has 6 nitrogen and oxygen atoms in total. The van der Waals surface area contributed by atoms with Gasteiger partial charge in [0.2, 0.25) is 5.89 Å². The van der Waals surface area contributed by atoms with Gasteiger partial charge in [-0.15, -0.1) is 10.2 Å². The van der Waals surface area contributed by atoms with Gasteiger partial charge in [-0.05, 0) is 36.4 Å². The van der Waals surface area contributed by atoms with Gasteiger partial charge in [0, 0.05) is 11.3 Å². The molecular formula is C16H10N4O2. The van der Waals surface area contributed by atoms with E-state index >= 15 is 0 Å². The maximum Gasteiger partial charge on any atom is 0.313 e. The lowest BCUT2D eigenvalue weighted by molar-refractivity contribution is 0.0991. The highest BCUT2D eigenvalue weighted by Crippen LogP contribution is 2.17. The molecule has 1 heterocycles. The minimum absolute atomic E-state index is 0.122. The zero-order valence-electron chi connectivity index (χ0n) is 11.4. The van der Waals surface area contributed by atoms with Gasteiger partial charge in [0.25, 0.3) is 0 Å². The lowest BCUT2D eigenvalue weighted by Crippen LogP contribution is -2.12. The second kappa shape index (κ2) is 5.89. The Hall–Kier alpha value is -3.46. The van der Waals surface area contributed by atoms with Crippen LogP contribution in [-0.2, 0) is 0 Å². The SMILES string of the molecule is N#Cc1ccc(NC(=O)c2nnc(-c3ccccc3)o2)cc1. The zero-order valence-corrected chi connectivity index (χ0v) is 11.4. The largest absolute Gasteiger partial charge is 0.412 e. The number of aromatic nitrogens is 2. The molecule has 106 valence electrons. The van der Waals surface area contributed by atoms with Crippen LogP contribution in [0.2, 0.25) is 0 Å². The van der Waals surface area contributed by atoms with Crippen LogP contribution in [0.15, 0.2) is 59.0 Å². The van der Waals surface area contributed by atoms with Crippen molar-refractivity contribution in [1.29, 1.82) is 5.26 Å². The van der Waals surface area contributed by atoms with Gasteiger partial charge in [0.15, 0.2) is 0 Å². The summed E-state index contributed by atoms with van der Waals surface area (Å²) in [6, 6.07) is 17.7. The third-order valence-electron chi connectivity index (χ3n) is 2.91. The molecule has 0 radical (unpaired) electrons. The van der Waals surface area contributed by atoms with Crippen LogP contribution in [0.4, 0.5) is 5.69 Å². The fourth-order valence-electron chi connectivity index (χ4n) is 1.83. The molecule has 3 aromatic rings. The Balaban J connectivity index is 1.75. The second-order valence-corrected chi connectivity index (χ2v) is 4.42. The molecule has 0 unspecified atom stereocenters. The van der Waals surface area contributed by atoms with Crippen molar-refractivity contribution in [2.24, 2.45) is 0 Å². The first-order valence-electron chi connectivity index (χ1n) is 6.47. The molecule has 6 heteroatoms. The van der Waals surface area contributed by atoms with Crippen molar-refractivity contribution in [3.05, 3.63) is 66.1 Å². The van der Waals surface area contributed by atoms with E-state index in [1.807, 2.05) is 36.4 Å². The quantitative estimate of drug-likeness (QED) is 0.800. The number of nitrogens with one attached hydrogen (secondary N) is 1. The molecule has 0 saturated carbocycles. The molecule has 0 aliphatic carbocycles. The first-order valence-corrected chi connectivity index (χ1v) is 6.47. The number of amides is 1. The van der Waals surface area contributed by atoms with Crippen molar-refractivity contribution in [2.75, 3.05) is 5.32 Å². The van der Waals surface area contributed by atoms with Crippen molar-refractivity contribution in [3.63, 3.8) is 0 Å². The third-order valence-corrected chi connectivity index (χ3v) is 2.91. The number of hydrogen-bond donors (Lipinski definition) is 1. The summed E-state index contributed by atoms with van der Waals surface area (Å²) >= 11 is 0. The summed E-state index contributed by atoms with van der Waals surface area (Å²) in [5, 5.41) is 19.0. The Kier molecular flexibility index (Phi) is 3.62. The molecule has 0 fully saturated rings. The van der Waals surface area contributed by atoms with E-state index < -0.39 is 5.91 Å². The number of nitrogens with zero attached hydrogens (tertiary/aromatic N) is 3. The molecular weight excluding hydrogens is 280 g/mol. The van der Waals surface area contributed by atoms with Crippen molar-refractivity contribution < 1.29 is 9.21 Å². The highest BCUT2D eigenvalue weighted by Gasteiger charge is 2.15. The first kappa shape index (κ1) is 13.5. The molecule has 0 aliphatic heterocycles. The van der Waals surface area contributed by atoms with Crippen LogP contribution in [0.5, 0.6) is 0 Å². The van der Waals surface area contributed by atoms with Crippen LogP contribution in [-0.4, -0.2) is 16.1 Å². The molecule has 1 aromatic heterocycles. The monoisotopic (exact) mass is 290 g/mol. The standard InChI is InChI=1S/C16H10N4O2/c17-10-11-6-8-13(9-7-11)18-14(21)16-20-19-15(22-16)12-4-2-1-3-5-12/h1-9H,(H,18,21). The second-order valence-electron chi connectivity index (χ2n) is 4.42. The third kappa shape index (κ3) is 2.83. The molecule has 0 bridgehead atoms. The van der Waals surface area contributed by atoms with Gasteiger partial charge in [0.05, 0.1) is 11.6 Å². The fourth-order valence-corrected chi connectivity index (χ4v) is 1.83. The van der Waals surface area contributed by atoms with Gasteiger partial charge in [0.1, 0.15) is 0 Å². The molecule has 3 rings (SSSR count). The Bertz CT molecular complexity index is 833. The van der Waals surface area contributed by atoms with Crippen molar-refractivity contribution in [3.8, 4) is 17.5 Å². The minimum Gasteiger partial charge on any atom is -0.412 e. The van der Waals surface area contributed by atoms with Gasteiger partial charge in [-0.1, -0.05) is 18.2 Å². The summed E-state index contributed by atoms with van der Waals surface area (Å²) in [7, 11) is 0. The zero-order chi connectivity index (χ0) is 15.4. The maximum atomic E-state index is 12.0. The minimum atomic E-state index is -0.501. The average Bonchev–Trinajstić information content (AvgIpc) is 3.06. The van der Waals surface area contributed by atoms with Gasteiger partial charge >= 0.3 is 11.8 Å². The molecule has 22 heavy (non-hydrogen) atoms. The maximum absolute atomic E-state index is 12.0. The van der Waals surface area contributed by atoms with E-state index in [1.54, 1.807) is 24.3 Å². The van der Waals surface area contributed by atoms with Crippen molar-refractivity contribution in [1.82, 2.24) is 10.2 Å². The summed E-state index contributed by atoms with van der Waals surface area (Å²) in [5.74, 6) is -0.340. The van der Waals surface area contributed by atoms with E-state index in [4.69, 9.17) is 9.68 Å². The molecule has 0 spiro atoms. The van der Waals surface area contributed by atoms with E-state index in [9.17, 15) is 4.79 Å². The van der Waals surface area contributed by atoms with Crippen LogP contribution in [0, 0.1) is 11.3 Å². The highest BCUT2D eigenvalue weighted by molar-refractivity contribution is 6.00. The van der Waals surface area contributed by atoms with E-state index in [1.165, 1.54) is 0 Å². The van der Waals surface area contributed by atoms with E-state index in [-0.39, 0.29) is 11.8 Å². The van der Waals surface area contributed by atoms with Crippen molar-refractivity contribution in [2.45, 2.75) is 0 Å². The van der Waals surface area contributed by atoms with E-state index in [2.05, 4.69) is 15.5 Å². The Morgan fingerprint density at radius 3 is 2.45 bits per heavy atom. The summed E-state index contributed by atoms with van der Waals surface area (Å²) in [6.07, 6.45) is 0. The van der Waals surface area contributed by atoms with Crippen LogP contribution in [0.1, 0.15) is 16.2 Å². The smallest absolute Gasteiger partial charge is 0.313 e. The lowest BCUT2D eigenvalue weighted by atomic mass is 10.2. The van der Waals surface area contributed by atoms with E-state index in [0.717, 1.165) is 5.56 Å². The van der Waals surface area contributed by atoms with Crippen molar-refractivity contribution >= 4 is 11.6 Å². The number of anilines is 1. The molecule has 1 N–H and O–H groups in total. The first-order chi connectivity index (χ1) is 10.8. The normalized spacial score (nSPS) is 9.95. The van der Waals surface area contributed by atoms with Crippen LogP contribution >= 0.6 is 0 Å². The topological polar surface area (TPSA) is 91.8 Å². The van der Waals surface area contributed by atoms with Gasteiger partial charge in [-0.3, -0.25) is 4.79 Å². The summed E-state index contributed by atoms with van der Waals surface area (Å²) in [4.78, 5) is 12.0. The molecule has 1 amide bonds. The highest BCUT2D eigenvalue weighted by atomic mass is 16.4. The van der Waals surface area contributed by atoms with Crippen LogP contribution in [0.3, 0.4) is 0 Å². The Morgan fingerprint density at radius 2 is 1.77 bits per heavy atom. The lowest BCUT2D eigenvalue weighted by Gasteiger charge is -2.01. The van der Waals surface area contributed by atoms with Gasteiger partial charge in [-0.25, -0.2) is 0 Å². The van der Waals surface area contributed by atoms with Gasteiger partial charge in [-0.2, -0.15) is 5.26 Å². The number of carbonyl (C=O) groups is 1. The predicted octanol–water partition coefficient (Wildman–Crippen LogP) is 2.86. The number of rotatable bonds is 3. The number of hydrogen-bond acceptors (Lipinski definition) is 5. The number of carbonyl (C=O) groups excluding carboxylic acids is 1. The van der Waals surface area contributed by atoms with Gasteiger partial charge < -0.3 is 9.73 Å². The van der Waals surface area contributed by atoms with Crippen LogP contribution in [0.25, 0.3) is 11.5 Å². The summed E-state index contributed by atoms with van der Waals surface area (Å²) < 4.78 is 5.36. The summed E-state index contributed by atoms with van der Waals surface area (Å²) in [5.41, 5.74) is 1.80. The van der Waals surface area contributed by atoms with Crippen LogP contribution < -0.4 is 5.32 Å². The number of nitriles is 1.